The average Bonchev–Trinajstić information content (AvgIpc) is 2.49. The Bertz CT molecular complexity index is 545. The van der Waals surface area contributed by atoms with Gasteiger partial charge in [0.2, 0.25) is 5.91 Å². The first kappa shape index (κ1) is 15.0. The maximum absolute atomic E-state index is 12.6. The maximum Gasteiger partial charge on any atom is 0.231 e. The number of carbonyl (C=O) groups is 1. The molecule has 1 aromatic rings. The first-order valence-electron chi connectivity index (χ1n) is 6.82. The number of benzene rings is 1. The Morgan fingerprint density at radius 1 is 1.40 bits per heavy atom. The van der Waals surface area contributed by atoms with Crippen molar-refractivity contribution < 1.29 is 4.79 Å². The van der Waals surface area contributed by atoms with Crippen molar-refractivity contribution in [1.29, 1.82) is 5.26 Å². The van der Waals surface area contributed by atoms with E-state index in [4.69, 9.17) is 11.0 Å². The van der Waals surface area contributed by atoms with Crippen LogP contribution in [0.4, 0.5) is 5.69 Å². The second-order valence-corrected chi connectivity index (χ2v) is 6.16. The molecule has 1 aliphatic carbocycles. The van der Waals surface area contributed by atoms with E-state index in [0.717, 1.165) is 25.7 Å². The van der Waals surface area contributed by atoms with Crippen LogP contribution in [0.1, 0.15) is 37.7 Å². The van der Waals surface area contributed by atoms with Crippen LogP contribution in [0.2, 0.25) is 0 Å². The molecule has 1 saturated carbocycles. The van der Waals surface area contributed by atoms with Crippen LogP contribution in [0.15, 0.2) is 22.7 Å². The number of amides is 1. The first-order chi connectivity index (χ1) is 9.61. The van der Waals surface area contributed by atoms with E-state index in [1.54, 1.807) is 18.2 Å². The highest BCUT2D eigenvalue weighted by Crippen LogP contribution is 2.37. The number of halogens is 1. The lowest BCUT2D eigenvalue weighted by molar-refractivity contribution is -0.126. The average molecular weight is 336 g/mol. The number of nitrogens with zero attached hydrogens (tertiary/aromatic N) is 1. The summed E-state index contributed by atoms with van der Waals surface area (Å²) in [6.07, 6.45) is 4.99. The van der Waals surface area contributed by atoms with Gasteiger partial charge in [0.15, 0.2) is 0 Å². The number of nitrogens with one attached hydrogen (secondary N) is 1. The minimum atomic E-state index is -0.439. The molecule has 1 fully saturated rings. The monoisotopic (exact) mass is 335 g/mol. The van der Waals surface area contributed by atoms with Gasteiger partial charge < -0.3 is 11.1 Å². The number of nitrogens with two attached hydrogens (primary N) is 1. The molecule has 1 aliphatic rings. The topological polar surface area (TPSA) is 78.9 Å². The molecule has 3 N–H and O–H groups in total. The van der Waals surface area contributed by atoms with Gasteiger partial charge in [-0.3, -0.25) is 4.79 Å². The Balaban J connectivity index is 2.16. The zero-order valence-electron chi connectivity index (χ0n) is 11.3. The summed E-state index contributed by atoms with van der Waals surface area (Å²) in [6, 6.07) is 7.20. The van der Waals surface area contributed by atoms with Crippen molar-refractivity contribution in [3.8, 4) is 6.07 Å². The third kappa shape index (κ3) is 3.02. The van der Waals surface area contributed by atoms with Gasteiger partial charge in [-0.05, 0) is 47.0 Å². The van der Waals surface area contributed by atoms with Crippen LogP contribution in [0.5, 0.6) is 0 Å². The third-order valence-electron chi connectivity index (χ3n) is 4.03. The minimum Gasteiger partial charge on any atom is -0.329 e. The lowest BCUT2D eigenvalue weighted by Gasteiger charge is -2.34. The largest absolute Gasteiger partial charge is 0.329 e. The first-order valence-corrected chi connectivity index (χ1v) is 7.62. The summed E-state index contributed by atoms with van der Waals surface area (Å²) in [5.41, 5.74) is 6.67. The fraction of sp³-hybridized carbons (Fsp3) is 0.467. The summed E-state index contributed by atoms with van der Waals surface area (Å²) in [7, 11) is 0. The zero-order valence-corrected chi connectivity index (χ0v) is 12.9. The van der Waals surface area contributed by atoms with Gasteiger partial charge >= 0.3 is 0 Å². The molecule has 0 aliphatic heterocycles. The van der Waals surface area contributed by atoms with E-state index in [2.05, 4.69) is 27.3 Å². The standard InChI is InChI=1S/C15H18BrN3O/c16-12-8-11(9-17)4-5-13(12)19-14(20)15(10-18)6-2-1-3-7-15/h4-5,8H,1-3,6-7,10,18H2,(H,19,20). The molecule has 1 amide bonds. The van der Waals surface area contributed by atoms with E-state index >= 15 is 0 Å². The van der Waals surface area contributed by atoms with E-state index in [-0.39, 0.29) is 5.91 Å². The Morgan fingerprint density at radius 2 is 2.10 bits per heavy atom. The van der Waals surface area contributed by atoms with Crippen LogP contribution >= 0.6 is 15.9 Å². The highest BCUT2D eigenvalue weighted by molar-refractivity contribution is 9.10. The molecular formula is C15H18BrN3O. The van der Waals surface area contributed by atoms with E-state index in [1.807, 2.05) is 0 Å². The number of anilines is 1. The van der Waals surface area contributed by atoms with Crippen molar-refractivity contribution in [2.75, 3.05) is 11.9 Å². The molecule has 1 aromatic carbocycles. The number of rotatable bonds is 3. The highest BCUT2D eigenvalue weighted by Gasteiger charge is 2.38. The summed E-state index contributed by atoms with van der Waals surface area (Å²) < 4.78 is 0.716. The van der Waals surface area contributed by atoms with Crippen LogP contribution in [-0.2, 0) is 4.79 Å². The van der Waals surface area contributed by atoms with Crippen LogP contribution in [0.3, 0.4) is 0 Å². The molecule has 0 aromatic heterocycles. The van der Waals surface area contributed by atoms with Gasteiger partial charge in [-0.1, -0.05) is 19.3 Å². The van der Waals surface area contributed by atoms with Gasteiger partial charge in [0.25, 0.3) is 0 Å². The number of nitriles is 1. The van der Waals surface area contributed by atoms with Gasteiger partial charge in [0.1, 0.15) is 0 Å². The van der Waals surface area contributed by atoms with Crippen molar-refractivity contribution in [3.63, 3.8) is 0 Å². The Kier molecular flexibility index (Phi) is 4.79. The lowest BCUT2D eigenvalue weighted by Crippen LogP contribution is -2.43. The molecule has 0 atom stereocenters. The second kappa shape index (κ2) is 6.38. The Morgan fingerprint density at radius 3 is 2.65 bits per heavy atom. The SMILES string of the molecule is N#Cc1ccc(NC(=O)C2(CN)CCCCC2)c(Br)c1. The predicted octanol–water partition coefficient (Wildman–Crippen LogP) is 3.17. The fourth-order valence-electron chi connectivity index (χ4n) is 2.69. The predicted molar refractivity (Wildman–Crippen MR) is 82.1 cm³/mol. The van der Waals surface area contributed by atoms with E-state index < -0.39 is 5.41 Å². The van der Waals surface area contributed by atoms with Crippen molar-refractivity contribution in [2.24, 2.45) is 11.1 Å². The summed E-state index contributed by atoms with van der Waals surface area (Å²) in [5, 5.41) is 11.8. The van der Waals surface area contributed by atoms with Crippen LogP contribution in [0.25, 0.3) is 0 Å². The third-order valence-corrected chi connectivity index (χ3v) is 4.69. The zero-order chi connectivity index (χ0) is 14.6. The van der Waals surface area contributed by atoms with Crippen molar-refractivity contribution in [2.45, 2.75) is 32.1 Å². The summed E-state index contributed by atoms with van der Waals surface area (Å²) >= 11 is 3.38. The molecule has 2 rings (SSSR count). The van der Waals surface area contributed by atoms with Gasteiger partial charge in [-0.2, -0.15) is 5.26 Å². The second-order valence-electron chi connectivity index (χ2n) is 5.31. The molecule has 4 nitrogen and oxygen atoms in total. The van der Waals surface area contributed by atoms with Crippen molar-refractivity contribution in [1.82, 2.24) is 0 Å². The van der Waals surface area contributed by atoms with E-state index in [9.17, 15) is 4.79 Å². The lowest BCUT2D eigenvalue weighted by atomic mass is 9.73. The molecule has 106 valence electrons. The van der Waals surface area contributed by atoms with E-state index in [1.165, 1.54) is 6.42 Å². The quantitative estimate of drug-likeness (QED) is 0.890. The smallest absolute Gasteiger partial charge is 0.231 e. The van der Waals surface area contributed by atoms with Gasteiger partial charge in [-0.25, -0.2) is 0 Å². The van der Waals surface area contributed by atoms with Crippen molar-refractivity contribution in [3.05, 3.63) is 28.2 Å². The van der Waals surface area contributed by atoms with Gasteiger partial charge in [0.05, 0.1) is 22.7 Å². The maximum atomic E-state index is 12.6. The fourth-order valence-corrected chi connectivity index (χ4v) is 3.17. The summed E-state index contributed by atoms with van der Waals surface area (Å²) in [4.78, 5) is 12.6. The van der Waals surface area contributed by atoms with Crippen LogP contribution in [0, 0.1) is 16.7 Å². The molecule has 0 spiro atoms. The number of hydrogen-bond acceptors (Lipinski definition) is 3. The molecule has 0 bridgehead atoms. The minimum absolute atomic E-state index is 0.00916. The van der Waals surface area contributed by atoms with Crippen molar-refractivity contribution >= 4 is 27.5 Å². The van der Waals surface area contributed by atoms with Crippen LogP contribution in [-0.4, -0.2) is 12.5 Å². The normalized spacial score (nSPS) is 17.2. The number of hydrogen-bond donors (Lipinski definition) is 2. The van der Waals surface area contributed by atoms with E-state index in [0.29, 0.717) is 22.3 Å². The highest BCUT2D eigenvalue weighted by atomic mass is 79.9. The molecule has 0 unspecified atom stereocenters. The molecular weight excluding hydrogens is 318 g/mol. The molecule has 5 heteroatoms. The molecule has 0 heterocycles. The molecule has 20 heavy (non-hydrogen) atoms. The summed E-state index contributed by atoms with van der Waals surface area (Å²) in [5.74, 6) is -0.00916. The van der Waals surface area contributed by atoms with Gasteiger partial charge in [-0.15, -0.1) is 0 Å². The van der Waals surface area contributed by atoms with Crippen LogP contribution < -0.4 is 11.1 Å². The number of carbonyl (C=O) groups excluding carboxylic acids is 1. The Labute approximate surface area is 127 Å². The summed E-state index contributed by atoms with van der Waals surface area (Å²) in [6.45, 7) is 0.382. The molecule has 0 saturated heterocycles. The Hall–Kier alpha value is -1.38. The molecule has 0 radical (unpaired) electrons. The van der Waals surface area contributed by atoms with Gasteiger partial charge in [0, 0.05) is 11.0 Å².